The molecule has 4 saturated carbocycles. The van der Waals surface area contributed by atoms with E-state index in [9.17, 15) is 9.90 Å². The molecule has 1 N–H and O–H groups in total. The summed E-state index contributed by atoms with van der Waals surface area (Å²) in [7, 11) is 0. The highest BCUT2D eigenvalue weighted by Gasteiger charge is 2.62. The van der Waals surface area contributed by atoms with E-state index in [0.29, 0.717) is 34.9 Å². The molecule has 4 fully saturated rings. The maximum atomic E-state index is 12.2. The molecule has 0 aromatic heterocycles. The summed E-state index contributed by atoms with van der Waals surface area (Å²) >= 11 is 0. The first-order chi connectivity index (χ1) is 14.6. The molecule has 0 heterocycles. The molecule has 0 amide bonds. The predicted molar refractivity (Wildman–Crippen MR) is 129 cm³/mol. The lowest BCUT2D eigenvalue weighted by atomic mass is 9.44. The number of ketones is 1. The van der Waals surface area contributed by atoms with E-state index in [4.69, 9.17) is 0 Å². The Morgan fingerprint density at radius 2 is 1.71 bits per heavy atom. The van der Waals surface area contributed by atoms with Crippen LogP contribution >= 0.6 is 0 Å². The minimum absolute atomic E-state index is 0.182. The highest BCUT2D eigenvalue weighted by Crippen LogP contribution is 2.68. The molecule has 31 heavy (non-hydrogen) atoms. The molecule has 2 nitrogen and oxygen atoms in total. The van der Waals surface area contributed by atoms with Gasteiger partial charge in [-0.3, -0.25) is 4.79 Å². The van der Waals surface area contributed by atoms with E-state index < -0.39 is 0 Å². The van der Waals surface area contributed by atoms with Crippen molar-refractivity contribution in [1.29, 1.82) is 0 Å². The summed E-state index contributed by atoms with van der Waals surface area (Å²) in [6.45, 7) is 14.8. The van der Waals surface area contributed by atoms with Crippen LogP contribution in [0.25, 0.3) is 0 Å². The van der Waals surface area contributed by atoms with E-state index >= 15 is 0 Å². The van der Waals surface area contributed by atoms with Crippen molar-refractivity contribution in [2.24, 2.45) is 58.2 Å². The molecule has 2 unspecified atom stereocenters. The van der Waals surface area contributed by atoms with Crippen LogP contribution in [0.4, 0.5) is 0 Å². The second kappa shape index (κ2) is 8.77. The van der Waals surface area contributed by atoms with E-state index in [1.165, 1.54) is 44.9 Å². The van der Waals surface area contributed by atoms with Crippen molar-refractivity contribution < 1.29 is 9.90 Å². The molecule has 4 rings (SSSR count). The molecule has 4 aliphatic carbocycles. The Balaban J connectivity index is 1.49. The van der Waals surface area contributed by atoms with Crippen LogP contribution in [-0.2, 0) is 4.79 Å². The molecule has 178 valence electrons. The molecule has 0 spiro atoms. The first-order valence-corrected chi connectivity index (χ1v) is 13.8. The minimum Gasteiger partial charge on any atom is -0.393 e. The van der Waals surface area contributed by atoms with Crippen LogP contribution in [-0.4, -0.2) is 17.0 Å². The van der Waals surface area contributed by atoms with Gasteiger partial charge in [0.25, 0.3) is 0 Å². The molecular formula is C29H50O2. The fourth-order valence-corrected chi connectivity index (χ4v) is 9.68. The molecule has 0 radical (unpaired) electrons. The topological polar surface area (TPSA) is 37.3 Å². The summed E-state index contributed by atoms with van der Waals surface area (Å²) in [5.41, 5.74) is 0.698. The monoisotopic (exact) mass is 430 g/mol. The van der Waals surface area contributed by atoms with Crippen molar-refractivity contribution in [2.45, 2.75) is 118 Å². The van der Waals surface area contributed by atoms with E-state index in [2.05, 4.69) is 41.5 Å². The Kier molecular flexibility index (Phi) is 6.73. The zero-order chi connectivity index (χ0) is 22.6. The summed E-state index contributed by atoms with van der Waals surface area (Å²) in [6.07, 6.45) is 12.7. The summed E-state index contributed by atoms with van der Waals surface area (Å²) < 4.78 is 0. The second-order valence-electron chi connectivity index (χ2n) is 13.2. The highest BCUT2D eigenvalue weighted by atomic mass is 16.3. The summed E-state index contributed by atoms with van der Waals surface area (Å²) in [4.78, 5) is 12.2. The molecule has 0 saturated heterocycles. The van der Waals surface area contributed by atoms with Crippen molar-refractivity contribution in [3.05, 3.63) is 0 Å². The van der Waals surface area contributed by atoms with Gasteiger partial charge in [-0.05, 0) is 103 Å². The molecule has 0 aliphatic heterocycles. The Bertz CT molecular complexity index is 655. The quantitative estimate of drug-likeness (QED) is 0.480. The fraction of sp³-hybridized carbons (Fsp3) is 0.966. The zero-order valence-corrected chi connectivity index (χ0v) is 21.3. The Hall–Kier alpha value is -0.370. The van der Waals surface area contributed by atoms with Gasteiger partial charge in [0.1, 0.15) is 5.78 Å². The van der Waals surface area contributed by atoms with Crippen molar-refractivity contribution in [3.63, 3.8) is 0 Å². The number of fused-ring (bicyclic) bond motifs is 5. The summed E-state index contributed by atoms with van der Waals surface area (Å²) in [6, 6.07) is 0. The van der Waals surface area contributed by atoms with Gasteiger partial charge in [-0.25, -0.2) is 0 Å². The maximum Gasteiger partial charge on any atom is 0.133 e. The summed E-state index contributed by atoms with van der Waals surface area (Å²) in [5, 5.41) is 11.4. The Morgan fingerprint density at radius 1 is 1.00 bits per heavy atom. The second-order valence-corrected chi connectivity index (χ2v) is 13.2. The average molecular weight is 431 g/mol. The number of hydrogen-bond acceptors (Lipinski definition) is 2. The van der Waals surface area contributed by atoms with Crippen molar-refractivity contribution in [3.8, 4) is 0 Å². The number of aliphatic hydroxyl groups is 1. The SMILES string of the molecule is CC[C@H](CC[C@@H](C)[C@H]1CCC2[C@H]3C(CC[C@@]21C)[C@@]1(C)CCC(=O)C[C@H]1C[C@@H]3O)C(C)C. The van der Waals surface area contributed by atoms with Crippen LogP contribution in [0.5, 0.6) is 0 Å². The third-order valence-electron chi connectivity index (χ3n) is 11.7. The number of hydrogen-bond donors (Lipinski definition) is 1. The Morgan fingerprint density at radius 3 is 2.39 bits per heavy atom. The van der Waals surface area contributed by atoms with Crippen LogP contribution in [0.1, 0.15) is 112 Å². The van der Waals surface area contributed by atoms with Crippen molar-refractivity contribution in [2.75, 3.05) is 0 Å². The highest BCUT2D eigenvalue weighted by molar-refractivity contribution is 5.79. The van der Waals surface area contributed by atoms with Crippen LogP contribution in [0.15, 0.2) is 0 Å². The van der Waals surface area contributed by atoms with E-state index in [1.807, 2.05) is 0 Å². The standard InChI is InChI=1S/C29H50O2/c1-7-20(18(2)3)9-8-19(4)23-10-11-24-27-25(13-15-29(23,24)6)28(5)14-12-22(30)16-21(28)17-26(27)31/h18-21,23-27,31H,7-17H2,1-6H3/t19-,20-,21+,23-,24?,25?,26+,27+,28+,29-/m1/s1. The summed E-state index contributed by atoms with van der Waals surface area (Å²) in [5.74, 6) is 5.96. The number of aliphatic hydroxyl groups excluding tert-OH is 1. The van der Waals surface area contributed by atoms with E-state index in [1.54, 1.807) is 0 Å². The van der Waals surface area contributed by atoms with Crippen molar-refractivity contribution in [1.82, 2.24) is 0 Å². The molecular weight excluding hydrogens is 380 g/mol. The molecule has 2 heteroatoms. The number of carbonyl (C=O) groups excluding carboxylic acids is 1. The lowest BCUT2D eigenvalue weighted by Gasteiger charge is -2.62. The Labute approximate surface area is 192 Å². The number of rotatable bonds is 6. The van der Waals surface area contributed by atoms with Gasteiger partial charge in [-0.2, -0.15) is 0 Å². The first kappa shape index (κ1) is 23.8. The van der Waals surface area contributed by atoms with Gasteiger partial charge in [0.15, 0.2) is 0 Å². The predicted octanol–water partition coefficient (Wildman–Crippen LogP) is 7.28. The normalized spacial score (nSPS) is 46.9. The molecule has 10 atom stereocenters. The smallest absolute Gasteiger partial charge is 0.133 e. The number of Topliss-reactive ketones (excluding diaryl/α,β-unsaturated/α-hetero) is 1. The third-order valence-corrected chi connectivity index (χ3v) is 11.7. The first-order valence-electron chi connectivity index (χ1n) is 13.8. The van der Waals surface area contributed by atoms with E-state index in [0.717, 1.165) is 49.4 Å². The lowest BCUT2D eigenvalue weighted by molar-refractivity contribution is -0.169. The molecule has 0 aromatic rings. The van der Waals surface area contributed by atoms with Gasteiger partial charge in [0, 0.05) is 12.8 Å². The van der Waals surface area contributed by atoms with Crippen LogP contribution in [0.2, 0.25) is 0 Å². The van der Waals surface area contributed by atoms with Gasteiger partial charge in [-0.1, -0.05) is 54.4 Å². The van der Waals surface area contributed by atoms with Crippen LogP contribution < -0.4 is 0 Å². The third kappa shape index (κ3) is 3.95. The van der Waals surface area contributed by atoms with Gasteiger partial charge in [0.2, 0.25) is 0 Å². The van der Waals surface area contributed by atoms with Crippen LogP contribution in [0.3, 0.4) is 0 Å². The average Bonchev–Trinajstić information content (AvgIpc) is 3.06. The molecule has 0 aromatic carbocycles. The fourth-order valence-electron chi connectivity index (χ4n) is 9.68. The van der Waals surface area contributed by atoms with Gasteiger partial charge >= 0.3 is 0 Å². The van der Waals surface area contributed by atoms with Crippen molar-refractivity contribution >= 4 is 5.78 Å². The minimum atomic E-state index is -0.182. The van der Waals surface area contributed by atoms with E-state index in [-0.39, 0.29) is 11.5 Å². The van der Waals surface area contributed by atoms with Gasteiger partial charge in [0.05, 0.1) is 6.10 Å². The lowest BCUT2D eigenvalue weighted by Crippen LogP contribution is -2.58. The molecule has 0 bridgehead atoms. The van der Waals surface area contributed by atoms with Gasteiger partial charge in [-0.15, -0.1) is 0 Å². The zero-order valence-electron chi connectivity index (χ0n) is 21.3. The maximum absolute atomic E-state index is 12.2. The molecule has 4 aliphatic rings. The van der Waals surface area contributed by atoms with Crippen LogP contribution in [0, 0.1) is 58.2 Å². The number of carbonyl (C=O) groups is 1. The van der Waals surface area contributed by atoms with Gasteiger partial charge < -0.3 is 5.11 Å². The largest absolute Gasteiger partial charge is 0.393 e.